The van der Waals surface area contributed by atoms with Gasteiger partial charge >= 0.3 is 0 Å². The molecular weight excluding hydrogens is 288 g/mol. The summed E-state index contributed by atoms with van der Waals surface area (Å²) in [6, 6.07) is 3.19. The summed E-state index contributed by atoms with van der Waals surface area (Å²) in [4.78, 5) is 0.169. The number of nitrogens with two attached hydrogens (primary N) is 1. The summed E-state index contributed by atoms with van der Waals surface area (Å²) in [6.07, 6.45) is 2.85. The summed E-state index contributed by atoms with van der Waals surface area (Å²) in [7, 11) is -2.08. The van der Waals surface area contributed by atoms with Crippen molar-refractivity contribution in [2.75, 3.05) is 25.9 Å². The lowest BCUT2D eigenvalue weighted by Crippen LogP contribution is -2.32. The Labute approximate surface area is 127 Å². The van der Waals surface area contributed by atoms with Crippen molar-refractivity contribution in [3.63, 3.8) is 0 Å². The van der Waals surface area contributed by atoms with Crippen molar-refractivity contribution in [1.29, 1.82) is 0 Å². The van der Waals surface area contributed by atoms with Crippen molar-refractivity contribution in [3.05, 3.63) is 17.7 Å². The first kappa shape index (κ1) is 16.1. The van der Waals surface area contributed by atoms with E-state index in [1.54, 1.807) is 10.4 Å². The van der Waals surface area contributed by atoms with Gasteiger partial charge in [0.2, 0.25) is 10.0 Å². The van der Waals surface area contributed by atoms with Gasteiger partial charge in [0.1, 0.15) is 10.6 Å². The second kappa shape index (κ2) is 6.23. The largest absolute Gasteiger partial charge is 0.495 e. The van der Waals surface area contributed by atoms with Gasteiger partial charge in [0.25, 0.3) is 0 Å². The van der Waals surface area contributed by atoms with E-state index < -0.39 is 10.0 Å². The van der Waals surface area contributed by atoms with E-state index in [0.29, 0.717) is 30.4 Å². The fraction of sp³-hybridized carbons (Fsp3) is 0.600. The highest BCUT2D eigenvalue weighted by molar-refractivity contribution is 7.89. The molecular formula is C15H24N2O3S. The summed E-state index contributed by atoms with van der Waals surface area (Å²) < 4.78 is 32.6. The molecule has 1 aliphatic heterocycles. The van der Waals surface area contributed by atoms with Crippen LogP contribution in [0.4, 0.5) is 5.69 Å². The van der Waals surface area contributed by atoms with Crippen LogP contribution in [0.2, 0.25) is 0 Å². The van der Waals surface area contributed by atoms with Crippen LogP contribution in [-0.4, -0.2) is 32.9 Å². The second-order valence-electron chi connectivity index (χ2n) is 5.80. The number of hydrogen-bond acceptors (Lipinski definition) is 4. The normalized spacial score (nSPS) is 21.0. The predicted octanol–water partition coefficient (Wildman–Crippen LogP) is 2.40. The van der Waals surface area contributed by atoms with Gasteiger partial charge < -0.3 is 10.5 Å². The fourth-order valence-electron chi connectivity index (χ4n) is 2.65. The van der Waals surface area contributed by atoms with Crippen molar-refractivity contribution in [2.24, 2.45) is 5.92 Å². The SMILES string of the molecule is COc1cc(C)c(N)cc1S(=O)(=O)N1CCCC(C)CC1. The molecule has 0 aromatic heterocycles. The summed E-state index contributed by atoms with van der Waals surface area (Å²) in [5.41, 5.74) is 7.17. The summed E-state index contributed by atoms with van der Waals surface area (Å²) in [6.45, 7) is 5.12. The van der Waals surface area contributed by atoms with Crippen LogP contribution in [0.1, 0.15) is 31.7 Å². The molecule has 0 bridgehead atoms. The van der Waals surface area contributed by atoms with Crippen molar-refractivity contribution in [1.82, 2.24) is 4.31 Å². The number of anilines is 1. The molecule has 21 heavy (non-hydrogen) atoms. The maximum Gasteiger partial charge on any atom is 0.246 e. The molecule has 0 aliphatic carbocycles. The molecule has 2 N–H and O–H groups in total. The lowest BCUT2D eigenvalue weighted by molar-refractivity contribution is 0.390. The Kier molecular flexibility index (Phi) is 4.78. The van der Waals surface area contributed by atoms with E-state index in [0.717, 1.165) is 24.8 Å². The van der Waals surface area contributed by atoms with Crippen LogP contribution in [0.15, 0.2) is 17.0 Å². The molecule has 5 nitrogen and oxygen atoms in total. The van der Waals surface area contributed by atoms with Crippen LogP contribution in [0, 0.1) is 12.8 Å². The number of aryl methyl sites for hydroxylation is 1. The first-order chi connectivity index (χ1) is 9.86. The van der Waals surface area contributed by atoms with Crippen LogP contribution >= 0.6 is 0 Å². The van der Waals surface area contributed by atoms with Crippen LogP contribution in [-0.2, 0) is 10.0 Å². The molecule has 1 aromatic rings. The Balaban J connectivity index is 2.41. The molecule has 1 saturated heterocycles. The standard InChI is InChI=1S/C15H24N2O3S/c1-11-5-4-7-17(8-6-11)21(18,19)15-10-13(16)12(2)9-14(15)20-3/h9-11H,4-8,16H2,1-3H3. The average Bonchev–Trinajstić information content (AvgIpc) is 2.66. The van der Waals surface area contributed by atoms with Gasteiger partial charge in [-0.25, -0.2) is 8.42 Å². The summed E-state index contributed by atoms with van der Waals surface area (Å²) in [5.74, 6) is 0.925. The molecule has 0 spiro atoms. The van der Waals surface area contributed by atoms with E-state index in [1.165, 1.54) is 13.2 Å². The third-order valence-electron chi connectivity index (χ3n) is 4.15. The molecule has 6 heteroatoms. The van der Waals surface area contributed by atoms with Gasteiger partial charge in [0, 0.05) is 18.8 Å². The number of rotatable bonds is 3. The van der Waals surface area contributed by atoms with Gasteiger partial charge in [-0.2, -0.15) is 4.31 Å². The van der Waals surface area contributed by atoms with Gasteiger partial charge in [-0.3, -0.25) is 0 Å². The first-order valence-corrected chi connectivity index (χ1v) is 8.74. The minimum absolute atomic E-state index is 0.169. The van der Waals surface area contributed by atoms with Crippen LogP contribution in [0.25, 0.3) is 0 Å². The highest BCUT2D eigenvalue weighted by atomic mass is 32.2. The topological polar surface area (TPSA) is 72.6 Å². The number of nitrogen functional groups attached to an aromatic ring is 1. The molecule has 1 aliphatic rings. The van der Waals surface area contributed by atoms with E-state index in [2.05, 4.69) is 6.92 Å². The van der Waals surface area contributed by atoms with Crippen molar-refractivity contribution >= 4 is 15.7 Å². The predicted molar refractivity (Wildman–Crippen MR) is 83.9 cm³/mol. The second-order valence-corrected chi connectivity index (χ2v) is 7.71. The van der Waals surface area contributed by atoms with Gasteiger partial charge in [0.15, 0.2) is 0 Å². The van der Waals surface area contributed by atoms with E-state index >= 15 is 0 Å². The average molecular weight is 312 g/mol. The van der Waals surface area contributed by atoms with Crippen molar-refractivity contribution in [2.45, 2.75) is 38.0 Å². The highest BCUT2D eigenvalue weighted by Crippen LogP contribution is 2.32. The van der Waals surface area contributed by atoms with Gasteiger partial charge in [-0.05, 0) is 49.8 Å². The number of ether oxygens (including phenoxy) is 1. The monoisotopic (exact) mass is 312 g/mol. The molecule has 118 valence electrons. The molecule has 2 rings (SSSR count). The third-order valence-corrected chi connectivity index (χ3v) is 6.07. The minimum atomic E-state index is -3.56. The Morgan fingerprint density at radius 1 is 1.29 bits per heavy atom. The zero-order valence-electron chi connectivity index (χ0n) is 12.9. The third kappa shape index (κ3) is 3.32. The summed E-state index contributed by atoms with van der Waals surface area (Å²) >= 11 is 0. The first-order valence-electron chi connectivity index (χ1n) is 7.30. The molecule has 1 fully saturated rings. The van der Waals surface area contributed by atoms with Crippen LogP contribution < -0.4 is 10.5 Å². The zero-order valence-corrected chi connectivity index (χ0v) is 13.7. The van der Waals surface area contributed by atoms with Crippen molar-refractivity contribution < 1.29 is 13.2 Å². The number of hydrogen-bond donors (Lipinski definition) is 1. The zero-order chi connectivity index (χ0) is 15.6. The maximum absolute atomic E-state index is 12.9. The number of methoxy groups -OCH3 is 1. The summed E-state index contributed by atoms with van der Waals surface area (Å²) in [5, 5.41) is 0. The number of sulfonamides is 1. The van der Waals surface area contributed by atoms with Crippen LogP contribution in [0.5, 0.6) is 5.75 Å². The molecule has 0 amide bonds. The minimum Gasteiger partial charge on any atom is -0.495 e. The maximum atomic E-state index is 12.9. The van der Waals surface area contributed by atoms with Crippen molar-refractivity contribution in [3.8, 4) is 5.75 Å². The quantitative estimate of drug-likeness (QED) is 0.870. The van der Waals surface area contributed by atoms with E-state index in [1.807, 2.05) is 6.92 Å². The Morgan fingerprint density at radius 3 is 2.67 bits per heavy atom. The van der Waals surface area contributed by atoms with Gasteiger partial charge in [-0.1, -0.05) is 6.92 Å². The molecule has 1 atom stereocenters. The van der Waals surface area contributed by atoms with E-state index in [9.17, 15) is 8.42 Å². The Morgan fingerprint density at radius 2 is 2.00 bits per heavy atom. The molecule has 0 saturated carbocycles. The molecule has 1 aromatic carbocycles. The number of benzene rings is 1. The Hall–Kier alpha value is -1.27. The highest BCUT2D eigenvalue weighted by Gasteiger charge is 2.29. The van der Waals surface area contributed by atoms with E-state index in [-0.39, 0.29) is 4.90 Å². The fourth-order valence-corrected chi connectivity index (χ4v) is 4.32. The smallest absolute Gasteiger partial charge is 0.246 e. The number of nitrogens with zero attached hydrogens (tertiary/aromatic N) is 1. The molecule has 0 radical (unpaired) electrons. The van der Waals surface area contributed by atoms with Gasteiger partial charge in [-0.15, -0.1) is 0 Å². The van der Waals surface area contributed by atoms with E-state index in [4.69, 9.17) is 10.5 Å². The Bertz CT molecular complexity index is 614. The van der Waals surface area contributed by atoms with Crippen LogP contribution in [0.3, 0.4) is 0 Å². The van der Waals surface area contributed by atoms with Gasteiger partial charge in [0.05, 0.1) is 7.11 Å². The molecule has 1 unspecified atom stereocenters. The lowest BCUT2D eigenvalue weighted by atomic mass is 10.0. The molecule has 1 heterocycles. The lowest BCUT2D eigenvalue weighted by Gasteiger charge is -2.22.